The Morgan fingerprint density at radius 3 is 0.602 bits per heavy atom. The van der Waals surface area contributed by atoms with Crippen LogP contribution in [0.1, 0.15) is 516 Å². The summed E-state index contributed by atoms with van der Waals surface area (Å²) in [4.78, 5) is 73.5. The molecule has 19 heteroatoms. The molecule has 2 unspecified atom stereocenters. The lowest BCUT2D eigenvalue weighted by Gasteiger charge is -2.21. The van der Waals surface area contributed by atoms with Gasteiger partial charge >= 0.3 is 39.5 Å². The van der Waals surface area contributed by atoms with Gasteiger partial charge in [-0.15, -0.1) is 0 Å². The Kier molecular flexibility index (Phi) is 85.0. The average Bonchev–Trinajstić information content (AvgIpc) is 0.896. The number of aliphatic hydroxyl groups excluding tert-OH is 1. The molecule has 0 rings (SSSR count). The van der Waals surface area contributed by atoms with Gasteiger partial charge in [0.15, 0.2) is 12.2 Å². The van der Waals surface area contributed by atoms with Crippen LogP contribution >= 0.6 is 15.6 Å². The maximum absolute atomic E-state index is 13.2. The summed E-state index contributed by atoms with van der Waals surface area (Å²) in [7, 11) is -9.94. The SMILES string of the molecule is CCCCCCCCCCCCCCCCCCCCCCC(=O)OC[C@H](COP(=O)(O)OC[C@@H](O)COP(=O)(O)OC[C@@H](COC(=O)CCCCCCCCCCCCCC)OC(=O)CCCCCCCCCCCCCCCCCCCCCC)OC(=O)CCCCCCCCCCCCCCCCCCCCC(C)C. The molecule has 0 aromatic carbocycles. The number of carbonyl (C=O) groups is 4. The Labute approximate surface area is 696 Å². The fourth-order valence-electron chi connectivity index (χ4n) is 14.9. The Morgan fingerprint density at radius 1 is 0.239 bits per heavy atom. The Balaban J connectivity index is 5.24. The van der Waals surface area contributed by atoms with Gasteiger partial charge in [0.25, 0.3) is 0 Å². The number of hydrogen-bond donors (Lipinski definition) is 3. The predicted octanol–water partition coefficient (Wildman–Crippen LogP) is 29.5. The van der Waals surface area contributed by atoms with E-state index < -0.39 is 97.5 Å². The molecular weight excluding hydrogens is 1460 g/mol. The van der Waals surface area contributed by atoms with Crippen LogP contribution < -0.4 is 0 Å². The number of carbonyl (C=O) groups excluding carboxylic acids is 4. The summed E-state index contributed by atoms with van der Waals surface area (Å²) < 4.78 is 69.2. The maximum atomic E-state index is 13.2. The van der Waals surface area contributed by atoms with E-state index in [0.29, 0.717) is 25.7 Å². The summed E-state index contributed by atoms with van der Waals surface area (Å²) in [6, 6.07) is 0. The zero-order chi connectivity index (χ0) is 82.6. The highest BCUT2D eigenvalue weighted by atomic mass is 31.2. The fourth-order valence-corrected chi connectivity index (χ4v) is 16.5. The van der Waals surface area contributed by atoms with Crippen molar-refractivity contribution in [1.82, 2.24) is 0 Å². The topological polar surface area (TPSA) is 237 Å². The summed E-state index contributed by atoms with van der Waals surface area (Å²) in [6.07, 6.45) is 83.4. The van der Waals surface area contributed by atoms with Crippen LogP contribution in [-0.2, 0) is 65.4 Å². The maximum Gasteiger partial charge on any atom is 0.472 e. The van der Waals surface area contributed by atoms with Crippen LogP contribution in [0.25, 0.3) is 0 Å². The lowest BCUT2D eigenvalue weighted by Crippen LogP contribution is -2.30. The Bertz CT molecular complexity index is 2140. The second-order valence-corrected chi connectivity index (χ2v) is 37.1. The number of ether oxygens (including phenoxy) is 4. The van der Waals surface area contributed by atoms with Gasteiger partial charge in [0.1, 0.15) is 19.3 Å². The fraction of sp³-hybridized carbons (Fsp3) is 0.957. The van der Waals surface area contributed by atoms with Crippen LogP contribution in [0.2, 0.25) is 0 Å². The molecule has 0 aromatic rings. The highest BCUT2D eigenvalue weighted by Gasteiger charge is 2.31. The molecule has 5 atom stereocenters. The van der Waals surface area contributed by atoms with Crippen molar-refractivity contribution in [2.75, 3.05) is 39.6 Å². The molecule has 672 valence electrons. The van der Waals surface area contributed by atoms with Gasteiger partial charge in [0.2, 0.25) is 0 Å². The first-order chi connectivity index (χ1) is 55.0. The highest BCUT2D eigenvalue weighted by molar-refractivity contribution is 7.47. The lowest BCUT2D eigenvalue weighted by molar-refractivity contribution is -0.161. The summed E-state index contributed by atoms with van der Waals surface area (Å²) in [5, 5.41) is 10.7. The number of unbranched alkanes of at least 4 members (excludes halogenated alkanes) is 66. The number of rotatable bonds is 94. The number of aliphatic hydroxyl groups is 1. The number of hydrogen-bond acceptors (Lipinski definition) is 15. The van der Waals surface area contributed by atoms with Crippen molar-refractivity contribution in [2.45, 2.75) is 534 Å². The molecule has 0 saturated carbocycles. The molecule has 113 heavy (non-hydrogen) atoms. The molecule has 17 nitrogen and oxygen atoms in total. The molecule has 0 aliphatic heterocycles. The van der Waals surface area contributed by atoms with Gasteiger partial charge in [0, 0.05) is 25.7 Å². The third kappa shape index (κ3) is 87.7. The van der Waals surface area contributed by atoms with Gasteiger partial charge in [-0.3, -0.25) is 37.3 Å². The first kappa shape index (κ1) is 111. The molecule has 0 aliphatic carbocycles. The van der Waals surface area contributed by atoms with E-state index in [4.69, 9.17) is 37.0 Å². The molecule has 0 saturated heterocycles. The molecule has 0 radical (unpaired) electrons. The van der Waals surface area contributed by atoms with E-state index in [1.54, 1.807) is 0 Å². The van der Waals surface area contributed by atoms with Crippen molar-refractivity contribution in [2.24, 2.45) is 5.92 Å². The predicted molar refractivity (Wildman–Crippen MR) is 469 cm³/mol. The van der Waals surface area contributed by atoms with E-state index in [9.17, 15) is 43.2 Å². The van der Waals surface area contributed by atoms with Crippen LogP contribution in [0.4, 0.5) is 0 Å². The van der Waals surface area contributed by atoms with Crippen molar-refractivity contribution in [3.8, 4) is 0 Å². The molecule has 0 aliphatic rings. The van der Waals surface area contributed by atoms with Gasteiger partial charge in [-0.25, -0.2) is 9.13 Å². The number of phosphoric acid groups is 2. The third-order valence-electron chi connectivity index (χ3n) is 22.3. The van der Waals surface area contributed by atoms with E-state index in [2.05, 4.69) is 34.6 Å². The smallest absolute Gasteiger partial charge is 0.462 e. The van der Waals surface area contributed by atoms with Gasteiger partial charge in [0.05, 0.1) is 26.4 Å². The third-order valence-corrected chi connectivity index (χ3v) is 24.2. The minimum absolute atomic E-state index is 0.110. The summed E-state index contributed by atoms with van der Waals surface area (Å²) in [5.41, 5.74) is 0. The Hall–Kier alpha value is -1.94. The quantitative estimate of drug-likeness (QED) is 0.0222. The largest absolute Gasteiger partial charge is 0.472 e. The highest BCUT2D eigenvalue weighted by Crippen LogP contribution is 2.45. The first-order valence-corrected chi connectivity index (χ1v) is 51.6. The average molecular weight is 1650 g/mol. The second kappa shape index (κ2) is 86.4. The van der Waals surface area contributed by atoms with Gasteiger partial charge in [-0.2, -0.15) is 0 Å². The van der Waals surface area contributed by atoms with Crippen molar-refractivity contribution in [3.63, 3.8) is 0 Å². The molecule has 0 bridgehead atoms. The van der Waals surface area contributed by atoms with Crippen molar-refractivity contribution >= 4 is 39.5 Å². The van der Waals surface area contributed by atoms with Crippen LogP contribution in [0.5, 0.6) is 0 Å². The number of phosphoric ester groups is 2. The molecule has 0 heterocycles. The second-order valence-electron chi connectivity index (χ2n) is 34.2. The van der Waals surface area contributed by atoms with E-state index in [-0.39, 0.29) is 25.7 Å². The standard InChI is InChI=1S/C94H184O17P2/c1-6-9-12-15-18-21-24-27-29-31-33-35-40-44-48-53-58-63-68-73-78-92(97)105-84-90(111-94(99)80-75-70-65-60-55-50-46-42-38-37-39-43-47-51-56-61-66-71-76-87(4)5)86-109-113(102,103)107-82-88(95)81-106-112(100,101)108-85-89(83-104-91(96)77-72-67-62-57-52-26-23-20-17-14-11-8-3)110-93(98)79-74-69-64-59-54-49-45-41-36-34-32-30-28-25-22-19-16-13-10-7-2/h87-90,95H,6-86H2,1-5H3,(H,100,101)(H,102,103)/t88-,89+,90+/m0/s1. The minimum Gasteiger partial charge on any atom is -0.462 e. The zero-order valence-corrected chi connectivity index (χ0v) is 76.3. The minimum atomic E-state index is -4.97. The van der Waals surface area contributed by atoms with Crippen molar-refractivity contribution < 1.29 is 80.2 Å². The van der Waals surface area contributed by atoms with Crippen LogP contribution in [0.15, 0.2) is 0 Å². The summed E-state index contributed by atoms with van der Waals surface area (Å²) in [6.45, 7) is 7.45. The van der Waals surface area contributed by atoms with Crippen LogP contribution in [0.3, 0.4) is 0 Å². The summed E-state index contributed by atoms with van der Waals surface area (Å²) in [5.74, 6) is -1.27. The molecule has 0 fully saturated rings. The van der Waals surface area contributed by atoms with Gasteiger partial charge in [-0.1, -0.05) is 465 Å². The zero-order valence-electron chi connectivity index (χ0n) is 74.5. The van der Waals surface area contributed by atoms with Gasteiger partial charge in [-0.05, 0) is 31.6 Å². The van der Waals surface area contributed by atoms with Crippen LogP contribution in [0, 0.1) is 5.92 Å². The Morgan fingerprint density at radius 2 is 0.407 bits per heavy atom. The number of esters is 4. The molecule has 0 aromatic heterocycles. The normalized spacial score (nSPS) is 13.6. The summed E-state index contributed by atoms with van der Waals surface area (Å²) >= 11 is 0. The van der Waals surface area contributed by atoms with E-state index in [1.165, 1.54) is 340 Å². The van der Waals surface area contributed by atoms with Gasteiger partial charge < -0.3 is 33.8 Å². The van der Waals surface area contributed by atoms with Crippen molar-refractivity contribution in [1.29, 1.82) is 0 Å². The van der Waals surface area contributed by atoms with Crippen LogP contribution in [-0.4, -0.2) is 96.7 Å². The van der Waals surface area contributed by atoms with Crippen molar-refractivity contribution in [3.05, 3.63) is 0 Å². The van der Waals surface area contributed by atoms with E-state index in [1.807, 2.05) is 0 Å². The van der Waals surface area contributed by atoms with E-state index in [0.717, 1.165) is 95.8 Å². The first-order valence-electron chi connectivity index (χ1n) is 48.6. The molecular formula is C94H184O17P2. The lowest BCUT2D eigenvalue weighted by atomic mass is 10.0. The molecule has 3 N–H and O–H groups in total. The molecule has 0 spiro atoms. The van der Waals surface area contributed by atoms with E-state index >= 15 is 0 Å². The monoisotopic (exact) mass is 1650 g/mol. The molecule has 0 amide bonds.